The number of nitrogens with one attached hydrogen (secondary N) is 2. The molecule has 0 radical (unpaired) electrons. The molecule has 1 aliphatic carbocycles. The van der Waals surface area contributed by atoms with Crippen molar-refractivity contribution in [2.75, 3.05) is 0 Å². The van der Waals surface area contributed by atoms with Crippen LogP contribution in [0.25, 0.3) is 39.3 Å². The Balaban J connectivity index is 1.34. The van der Waals surface area contributed by atoms with Crippen molar-refractivity contribution in [3.8, 4) is 22.8 Å². The zero-order chi connectivity index (χ0) is 26.1. The van der Waals surface area contributed by atoms with Crippen molar-refractivity contribution in [1.29, 1.82) is 0 Å². The fourth-order valence-electron chi connectivity index (χ4n) is 5.53. The molecule has 5 aromatic heterocycles. The van der Waals surface area contributed by atoms with E-state index in [0.717, 1.165) is 63.0 Å². The van der Waals surface area contributed by atoms with E-state index in [1.54, 1.807) is 11.3 Å². The van der Waals surface area contributed by atoms with E-state index in [4.69, 9.17) is 9.97 Å². The average molecular weight is 521 g/mol. The number of imidazole rings is 1. The van der Waals surface area contributed by atoms with E-state index in [2.05, 4.69) is 64.9 Å². The second-order valence-electron chi connectivity index (χ2n) is 10.3. The number of aromatic amines is 2. The minimum Gasteiger partial charge on any atom is -0.340 e. The van der Waals surface area contributed by atoms with E-state index in [9.17, 15) is 0 Å². The molecule has 5 heterocycles. The van der Waals surface area contributed by atoms with Crippen LogP contribution >= 0.6 is 11.3 Å². The van der Waals surface area contributed by atoms with Gasteiger partial charge in [0.15, 0.2) is 5.82 Å². The Morgan fingerprint density at radius 3 is 2.76 bits per heavy atom. The van der Waals surface area contributed by atoms with Crippen LogP contribution < -0.4 is 0 Å². The van der Waals surface area contributed by atoms with Crippen molar-refractivity contribution < 1.29 is 0 Å². The Bertz CT molecular complexity index is 1630. The number of allylic oxidation sites excluding steroid dienone is 2. The quantitative estimate of drug-likeness (QED) is 0.214. The third kappa shape index (κ3) is 4.86. The summed E-state index contributed by atoms with van der Waals surface area (Å²) in [5.41, 5.74) is 7.83. The third-order valence-corrected chi connectivity index (χ3v) is 8.48. The number of hydrogen-bond acceptors (Lipinski definition) is 5. The van der Waals surface area contributed by atoms with Crippen LogP contribution in [0.1, 0.15) is 58.8 Å². The standard InChI is InChI=1S/C31H32N6S/c1-4-8-24(28-12-11-19(2)38-28)29-20(3)34-31(35-29)30-25-15-26(33-18-27(25)36-37-30)23-14-22(16-32-17-23)13-21-9-6-5-7-10-21/h4,8,11-12,14-18,21H,1,5-7,9-10,13H2,2-3H3,(H,34,35)(H,36,37)/b24-8-. The van der Waals surface area contributed by atoms with Crippen molar-refractivity contribution in [2.24, 2.45) is 5.92 Å². The van der Waals surface area contributed by atoms with Gasteiger partial charge in [0.05, 0.1) is 23.1 Å². The normalized spacial score (nSPS) is 14.8. The Morgan fingerprint density at radius 1 is 1.11 bits per heavy atom. The predicted octanol–water partition coefficient (Wildman–Crippen LogP) is 7.83. The lowest BCUT2D eigenvalue weighted by Gasteiger charge is -2.21. The first kappa shape index (κ1) is 24.5. The molecule has 38 heavy (non-hydrogen) atoms. The zero-order valence-electron chi connectivity index (χ0n) is 21.9. The van der Waals surface area contributed by atoms with Crippen LogP contribution in [0.3, 0.4) is 0 Å². The molecule has 0 aliphatic heterocycles. The molecule has 6 rings (SSSR count). The van der Waals surface area contributed by atoms with Gasteiger partial charge in [-0.2, -0.15) is 5.10 Å². The van der Waals surface area contributed by atoms with Gasteiger partial charge >= 0.3 is 0 Å². The van der Waals surface area contributed by atoms with E-state index >= 15 is 0 Å². The summed E-state index contributed by atoms with van der Waals surface area (Å²) in [6.07, 6.45) is 17.4. The number of rotatable bonds is 7. The number of fused-ring (bicyclic) bond motifs is 1. The molecular weight excluding hydrogens is 488 g/mol. The average Bonchev–Trinajstić information content (AvgIpc) is 3.66. The molecule has 192 valence electrons. The topological polar surface area (TPSA) is 83.1 Å². The van der Waals surface area contributed by atoms with E-state index in [0.29, 0.717) is 0 Å². The van der Waals surface area contributed by atoms with Gasteiger partial charge in [-0.3, -0.25) is 15.1 Å². The lowest BCUT2D eigenvalue weighted by molar-refractivity contribution is 0.356. The molecule has 0 bridgehead atoms. The molecule has 0 saturated heterocycles. The fraction of sp³-hybridized carbons (Fsp3) is 0.290. The van der Waals surface area contributed by atoms with Gasteiger partial charge < -0.3 is 4.98 Å². The van der Waals surface area contributed by atoms with Crippen LogP contribution in [0.4, 0.5) is 0 Å². The van der Waals surface area contributed by atoms with Gasteiger partial charge in [-0.05, 0) is 56.0 Å². The van der Waals surface area contributed by atoms with Gasteiger partial charge in [-0.15, -0.1) is 11.3 Å². The maximum atomic E-state index is 5.01. The van der Waals surface area contributed by atoms with Gasteiger partial charge in [0.1, 0.15) is 5.69 Å². The van der Waals surface area contributed by atoms with Crippen molar-refractivity contribution in [3.05, 3.63) is 88.3 Å². The van der Waals surface area contributed by atoms with Crippen LogP contribution in [0.5, 0.6) is 0 Å². The molecule has 7 heteroatoms. The smallest absolute Gasteiger partial charge is 0.159 e. The second-order valence-corrected chi connectivity index (χ2v) is 11.6. The van der Waals surface area contributed by atoms with Crippen molar-refractivity contribution in [1.82, 2.24) is 30.1 Å². The number of thiophene rings is 1. The van der Waals surface area contributed by atoms with E-state index < -0.39 is 0 Å². The molecule has 0 aromatic carbocycles. The number of H-pyrrole nitrogens is 2. The lowest BCUT2D eigenvalue weighted by atomic mass is 9.85. The summed E-state index contributed by atoms with van der Waals surface area (Å²) in [7, 11) is 0. The highest BCUT2D eigenvalue weighted by Gasteiger charge is 2.19. The Kier molecular flexibility index (Phi) is 6.77. The van der Waals surface area contributed by atoms with Crippen LogP contribution in [0.2, 0.25) is 0 Å². The molecule has 0 unspecified atom stereocenters. The van der Waals surface area contributed by atoms with Gasteiger partial charge in [0, 0.05) is 44.4 Å². The molecule has 1 fully saturated rings. The number of aromatic nitrogens is 6. The van der Waals surface area contributed by atoms with Crippen LogP contribution in [0.15, 0.2) is 61.6 Å². The van der Waals surface area contributed by atoms with Crippen molar-refractivity contribution in [2.45, 2.75) is 52.4 Å². The van der Waals surface area contributed by atoms with Crippen LogP contribution in [0, 0.1) is 19.8 Å². The number of aryl methyl sites for hydroxylation is 2. The molecule has 1 aliphatic rings. The van der Waals surface area contributed by atoms with E-state index in [-0.39, 0.29) is 0 Å². The first-order valence-corrected chi connectivity index (χ1v) is 14.2. The molecule has 1 saturated carbocycles. The van der Waals surface area contributed by atoms with Gasteiger partial charge in [0.2, 0.25) is 0 Å². The molecular formula is C31H32N6S. The zero-order valence-corrected chi connectivity index (χ0v) is 22.7. The number of hydrogen-bond donors (Lipinski definition) is 2. The fourth-order valence-corrected chi connectivity index (χ4v) is 6.42. The van der Waals surface area contributed by atoms with E-state index in [1.807, 2.05) is 30.7 Å². The van der Waals surface area contributed by atoms with Crippen LogP contribution in [-0.4, -0.2) is 30.1 Å². The number of nitrogens with zero attached hydrogens (tertiary/aromatic N) is 4. The summed E-state index contributed by atoms with van der Waals surface area (Å²) in [5, 5.41) is 8.73. The summed E-state index contributed by atoms with van der Waals surface area (Å²) >= 11 is 1.75. The Labute approximate surface area is 227 Å². The van der Waals surface area contributed by atoms with Gasteiger partial charge in [0.25, 0.3) is 0 Å². The SMILES string of the molecule is C=C/C=C(/c1ccc(C)s1)c1nc(-c2n[nH]c3cnc(-c4cncc(CC5CCCCC5)c4)cc23)[nH]c1C. The van der Waals surface area contributed by atoms with Gasteiger partial charge in [-0.25, -0.2) is 4.98 Å². The molecule has 0 spiro atoms. The molecule has 6 nitrogen and oxygen atoms in total. The number of pyridine rings is 2. The Morgan fingerprint density at radius 2 is 1.97 bits per heavy atom. The maximum absolute atomic E-state index is 5.01. The monoisotopic (exact) mass is 520 g/mol. The molecule has 0 amide bonds. The molecule has 0 atom stereocenters. The minimum atomic E-state index is 0.730. The Hall–Kier alpha value is -3.84. The second kappa shape index (κ2) is 10.5. The summed E-state index contributed by atoms with van der Waals surface area (Å²) in [5.74, 6) is 1.50. The largest absolute Gasteiger partial charge is 0.340 e. The molecule has 5 aromatic rings. The van der Waals surface area contributed by atoms with Crippen molar-refractivity contribution in [3.63, 3.8) is 0 Å². The highest BCUT2D eigenvalue weighted by molar-refractivity contribution is 7.13. The van der Waals surface area contributed by atoms with Crippen molar-refractivity contribution >= 4 is 27.8 Å². The first-order chi connectivity index (χ1) is 18.6. The minimum absolute atomic E-state index is 0.730. The highest BCUT2D eigenvalue weighted by Crippen LogP contribution is 2.34. The maximum Gasteiger partial charge on any atom is 0.159 e. The van der Waals surface area contributed by atoms with E-state index in [1.165, 1.54) is 47.4 Å². The lowest BCUT2D eigenvalue weighted by Crippen LogP contribution is -2.09. The summed E-state index contributed by atoms with van der Waals surface area (Å²) in [6, 6.07) is 8.62. The first-order valence-electron chi connectivity index (χ1n) is 13.3. The predicted molar refractivity (Wildman–Crippen MR) is 156 cm³/mol. The third-order valence-electron chi connectivity index (χ3n) is 7.44. The summed E-state index contributed by atoms with van der Waals surface area (Å²) in [6.45, 7) is 8.09. The molecule has 2 N–H and O–H groups in total. The summed E-state index contributed by atoms with van der Waals surface area (Å²) < 4.78 is 0. The highest BCUT2D eigenvalue weighted by atomic mass is 32.1. The van der Waals surface area contributed by atoms with Gasteiger partial charge in [-0.1, -0.05) is 50.8 Å². The summed E-state index contributed by atoms with van der Waals surface area (Å²) in [4.78, 5) is 20.2. The van der Waals surface area contributed by atoms with Crippen LogP contribution in [-0.2, 0) is 6.42 Å².